The Morgan fingerprint density at radius 2 is 0.676 bits per heavy atom. The van der Waals surface area contributed by atoms with E-state index >= 15 is 0 Å². The molecular weight excluding hydrogens is 921 g/mol. The summed E-state index contributed by atoms with van der Waals surface area (Å²) in [7, 11) is -2.59. The molecule has 0 saturated carbocycles. The highest BCUT2D eigenvalue weighted by Crippen LogP contribution is 2.32. The molecule has 348 valence electrons. The Kier molecular flexibility index (Phi) is 12.0. The lowest BCUT2D eigenvalue weighted by Gasteiger charge is -2.10. The van der Waals surface area contributed by atoms with Crippen molar-refractivity contribution in [2.45, 2.75) is 9.79 Å². The molecule has 4 aromatic carbocycles. The minimum absolute atomic E-state index is 0.169. The van der Waals surface area contributed by atoms with Gasteiger partial charge in [-0.15, -0.1) is 0 Å². The van der Waals surface area contributed by atoms with Gasteiger partial charge in [0, 0.05) is 85.9 Å². The van der Waals surface area contributed by atoms with Gasteiger partial charge in [-0.3, -0.25) is 38.9 Å². The van der Waals surface area contributed by atoms with Crippen LogP contribution in [-0.2, 0) is 48.4 Å². The van der Waals surface area contributed by atoms with Gasteiger partial charge in [0.1, 0.15) is 33.1 Å². The van der Waals surface area contributed by atoms with Gasteiger partial charge in [0.25, 0.3) is 43.9 Å². The number of carbonyl (C=O) groups excluding carboxylic acids is 5. The fourth-order valence-corrected chi connectivity index (χ4v) is 8.88. The Morgan fingerprint density at radius 1 is 0.397 bits per heavy atom. The van der Waals surface area contributed by atoms with Crippen LogP contribution < -0.4 is 31.9 Å². The quantitative estimate of drug-likeness (QED) is 0.0612. The molecule has 0 atom stereocenters. The summed E-state index contributed by atoms with van der Waals surface area (Å²) >= 11 is 0. The summed E-state index contributed by atoms with van der Waals surface area (Å²) in [6.07, 6.45) is 5.95. The van der Waals surface area contributed by atoms with E-state index in [0.717, 1.165) is 0 Å². The van der Waals surface area contributed by atoms with Crippen LogP contribution in [0, 0.1) is 0 Å². The number of benzene rings is 4. The zero-order valence-corrected chi connectivity index (χ0v) is 37.9. The van der Waals surface area contributed by atoms with E-state index in [2.05, 4.69) is 31.9 Å². The average molecular weight is 961 g/mol. The number of carbonyl (C=O) groups is 5. The molecule has 0 bridgehead atoms. The van der Waals surface area contributed by atoms with Crippen molar-refractivity contribution in [2.24, 2.45) is 28.2 Å². The fraction of sp³-hybridized carbons (Fsp3) is 0.0889. The zero-order chi connectivity index (χ0) is 48.8. The van der Waals surface area contributed by atoms with Crippen molar-refractivity contribution in [2.75, 3.05) is 31.9 Å². The summed E-state index contributed by atoms with van der Waals surface area (Å²) in [4.78, 5) is 65.9. The molecule has 0 aliphatic rings. The van der Waals surface area contributed by atoms with Crippen molar-refractivity contribution >= 4 is 106 Å². The highest BCUT2D eigenvalue weighted by atomic mass is 32.2. The van der Waals surface area contributed by atoms with E-state index in [0.29, 0.717) is 22.1 Å². The predicted molar refractivity (Wildman–Crippen MR) is 254 cm³/mol. The number of amides is 6. The first-order valence-corrected chi connectivity index (χ1v) is 23.0. The van der Waals surface area contributed by atoms with Crippen LogP contribution in [0.4, 0.5) is 39.4 Å². The summed E-state index contributed by atoms with van der Waals surface area (Å²) in [5, 5.41) is 17.5. The number of fused-ring (bicyclic) bond motifs is 2. The summed E-state index contributed by atoms with van der Waals surface area (Å²) in [5.74, 6) is -1.20. The van der Waals surface area contributed by atoms with Crippen molar-refractivity contribution in [1.29, 1.82) is 0 Å². The summed E-state index contributed by atoms with van der Waals surface area (Å²) < 4.78 is 73.0. The number of anilines is 6. The third-order valence-corrected chi connectivity index (χ3v) is 12.7. The molecule has 0 unspecified atom stereocenters. The number of rotatable bonds is 12. The molecule has 8 aromatic rings. The van der Waals surface area contributed by atoms with E-state index in [1.807, 2.05) is 0 Å². The van der Waals surface area contributed by atoms with Crippen LogP contribution >= 0.6 is 0 Å². The molecule has 0 fully saturated rings. The molecule has 23 heteroatoms. The fourth-order valence-electron chi connectivity index (χ4n) is 7.49. The van der Waals surface area contributed by atoms with Crippen molar-refractivity contribution in [3.05, 3.63) is 144 Å². The summed E-state index contributed by atoms with van der Waals surface area (Å²) in [5.41, 5.74) is 1.28. The van der Waals surface area contributed by atoms with Crippen LogP contribution in [0.5, 0.6) is 0 Å². The zero-order valence-electron chi connectivity index (χ0n) is 36.2. The Hall–Kier alpha value is -8.51. The summed E-state index contributed by atoms with van der Waals surface area (Å²) in [6, 6.07) is 22.9. The maximum absolute atomic E-state index is 13.4. The number of urea groups is 1. The molecule has 0 radical (unpaired) electrons. The topological polar surface area (TPSA) is 286 Å². The first kappa shape index (κ1) is 46.0. The van der Waals surface area contributed by atoms with E-state index in [1.54, 1.807) is 64.6 Å². The van der Waals surface area contributed by atoms with Crippen molar-refractivity contribution in [3.8, 4) is 0 Å². The molecule has 0 aliphatic heterocycles. The Balaban J connectivity index is 0.873. The summed E-state index contributed by atoms with van der Waals surface area (Å²) in [6.45, 7) is 0. The molecule has 6 amide bonds. The molecule has 4 aromatic heterocycles. The maximum Gasteiger partial charge on any atom is 0.325 e. The maximum atomic E-state index is 13.4. The average Bonchev–Trinajstić information content (AvgIpc) is 4.05. The van der Waals surface area contributed by atoms with Gasteiger partial charge in [-0.25, -0.2) is 4.79 Å². The van der Waals surface area contributed by atoms with E-state index in [-0.39, 0.29) is 66.1 Å². The molecule has 4 heterocycles. The Labute approximate surface area is 386 Å². The highest BCUT2D eigenvalue weighted by molar-refractivity contribution is 7.86. The van der Waals surface area contributed by atoms with Crippen LogP contribution in [0.1, 0.15) is 41.4 Å². The number of hydrogen-bond acceptors (Lipinski definition) is 9. The SMILES string of the molecule is Cn1cc(C(=O)Nc2cc(C(=O)Nc3ccc(S(=O)(=O)O)c4ccccc34)cn2C)cc1NC(=O)Nc1cc(C(=O)Nc2cc(C(=O)Nc3ccc(S(=O)(=O)O)c4ccccc34)cn2C)cn1C. The standard InChI is InChI=1S/C45H40N10O11S2/c1-52-21-25(41(56)46-33-13-15-35(67(61,62)63)31-11-7-5-9-29(31)33)17-37(52)48-43(58)27-19-39(54(3)23-27)50-45(60)51-40-20-28(24-55(40)4)44(59)49-38-18-26(22-53(38)2)42(57)47-34-14-16-36(68(64,65)66)32-12-8-6-10-30(32)34/h5-24H,1-4H3,(H,46,56)(H,47,57)(H,48,58)(H,49,59)(H2,50,51,60)(H,61,62,63)(H,64,65,66). The second-order valence-corrected chi connectivity index (χ2v) is 18.3. The lowest BCUT2D eigenvalue weighted by molar-refractivity contribution is 0.101. The molecule has 0 saturated heterocycles. The van der Waals surface area contributed by atoms with Gasteiger partial charge in [-0.1, -0.05) is 48.5 Å². The van der Waals surface area contributed by atoms with Gasteiger partial charge in [-0.05, 0) is 48.5 Å². The van der Waals surface area contributed by atoms with Crippen LogP contribution in [0.3, 0.4) is 0 Å². The lowest BCUT2D eigenvalue weighted by Crippen LogP contribution is -2.22. The number of aryl methyl sites for hydroxylation is 4. The number of nitrogens with zero attached hydrogens (tertiary/aromatic N) is 4. The smallest absolute Gasteiger partial charge is 0.325 e. The molecular formula is C45H40N10O11S2. The molecule has 0 spiro atoms. The van der Waals surface area contributed by atoms with Gasteiger partial charge in [0.15, 0.2) is 0 Å². The molecule has 0 aliphatic carbocycles. The normalized spacial score (nSPS) is 11.6. The minimum Gasteiger partial charge on any atom is -0.337 e. The van der Waals surface area contributed by atoms with Gasteiger partial charge >= 0.3 is 6.03 Å². The van der Waals surface area contributed by atoms with Crippen LogP contribution in [-0.4, -0.2) is 73.9 Å². The number of hydrogen-bond donors (Lipinski definition) is 8. The van der Waals surface area contributed by atoms with E-state index in [9.17, 15) is 49.9 Å². The monoisotopic (exact) mass is 960 g/mol. The second kappa shape index (κ2) is 17.7. The predicted octanol–water partition coefficient (Wildman–Crippen LogP) is 6.49. The molecule has 21 nitrogen and oxygen atoms in total. The van der Waals surface area contributed by atoms with E-state index < -0.39 is 49.9 Å². The van der Waals surface area contributed by atoms with Crippen LogP contribution in [0.25, 0.3) is 21.5 Å². The molecule has 68 heavy (non-hydrogen) atoms. The van der Waals surface area contributed by atoms with E-state index in [1.165, 1.54) is 104 Å². The highest BCUT2D eigenvalue weighted by Gasteiger charge is 2.22. The van der Waals surface area contributed by atoms with Gasteiger partial charge in [0.2, 0.25) is 0 Å². The second-order valence-electron chi connectivity index (χ2n) is 15.6. The van der Waals surface area contributed by atoms with Crippen molar-refractivity contribution < 1.29 is 49.9 Å². The van der Waals surface area contributed by atoms with Crippen molar-refractivity contribution in [3.63, 3.8) is 0 Å². The number of nitrogens with one attached hydrogen (secondary N) is 6. The largest absolute Gasteiger partial charge is 0.337 e. The number of aromatic nitrogens is 4. The first-order chi connectivity index (χ1) is 32.1. The van der Waals surface area contributed by atoms with Crippen LogP contribution in [0.2, 0.25) is 0 Å². The van der Waals surface area contributed by atoms with Crippen LogP contribution in [0.15, 0.2) is 132 Å². The molecule has 8 rings (SSSR count). The van der Waals surface area contributed by atoms with E-state index in [4.69, 9.17) is 0 Å². The van der Waals surface area contributed by atoms with Gasteiger partial charge < -0.3 is 39.5 Å². The Bertz CT molecular complexity index is 3410. The lowest BCUT2D eigenvalue weighted by atomic mass is 10.1. The van der Waals surface area contributed by atoms with Gasteiger partial charge in [-0.2, -0.15) is 16.8 Å². The minimum atomic E-state index is -4.53. The Morgan fingerprint density at radius 3 is 0.985 bits per heavy atom. The van der Waals surface area contributed by atoms with Gasteiger partial charge in [0.05, 0.1) is 22.3 Å². The van der Waals surface area contributed by atoms with Crippen molar-refractivity contribution in [1.82, 2.24) is 18.3 Å². The third kappa shape index (κ3) is 9.43. The first-order valence-electron chi connectivity index (χ1n) is 20.1. The molecule has 8 N–H and O–H groups in total. The third-order valence-electron chi connectivity index (χ3n) is 10.9.